The van der Waals surface area contributed by atoms with Gasteiger partial charge in [-0.3, -0.25) is 0 Å². The average molecular weight is 297 g/mol. The van der Waals surface area contributed by atoms with Gasteiger partial charge in [0.2, 0.25) is 0 Å². The van der Waals surface area contributed by atoms with Crippen LogP contribution in [0.4, 0.5) is 0 Å². The lowest BCUT2D eigenvalue weighted by atomic mass is 9.84. The predicted molar refractivity (Wildman–Crippen MR) is 88.9 cm³/mol. The van der Waals surface area contributed by atoms with Gasteiger partial charge in [0.1, 0.15) is 17.6 Å². The normalized spacial score (nSPS) is 20.4. The molecule has 3 nitrogen and oxygen atoms in total. The number of rotatable bonds is 4. The Balaban J connectivity index is 1.93. The number of fused-ring (bicyclic) bond motifs is 1. The van der Waals surface area contributed by atoms with Crippen LogP contribution in [0.15, 0.2) is 48.5 Å². The van der Waals surface area contributed by atoms with Gasteiger partial charge in [0.15, 0.2) is 0 Å². The van der Waals surface area contributed by atoms with Crippen LogP contribution in [0, 0.1) is 0 Å². The highest BCUT2D eigenvalue weighted by molar-refractivity contribution is 5.45. The molecule has 0 radical (unpaired) electrons. The van der Waals surface area contributed by atoms with Gasteiger partial charge in [-0.15, -0.1) is 0 Å². The summed E-state index contributed by atoms with van der Waals surface area (Å²) in [5, 5.41) is 0. The van der Waals surface area contributed by atoms with Crippen LogP contribution in [0.3, 0.4) is 0 Å². The van der Waals surface area contributed by atoms with Crippen molar-refractivity contribution >= 4 is 0 Å². The molecule has 0 spiro atoms. The minimum atomic E-state index is 0.219. The molecule has 0 aromatic heterocycles. The summed E-state index contributed by atoms with van der Waals surface area (Å²) < 4.78 is 11.4. The first kappa shape index (κ1) is 14.9. The monoisotopic (exact) mass is 297 g/mol. The number of ether oxygens (including phenoxy) is 2. The summed E-state index contributed by atoms with van der Waals surface area (Å²) >= 11 is 0. The third kappa shape index (κ3) is 3.09. The highest BCUT2D eigenvalue weighted by Gasteiger charge is 2.29. The summed E-state index contributed by atoms with van der Waals surface area (Å²) in [6.07, 6.45) is 1.22. The van der Waals surface area contributed by atoms with Gasteiger partial charge in [-0.2, -0.15) is 0 Å². The Labute approximate surface area is 132 Å². The largest absolute Gasteiger partial charge is 0.497 e. The Bertz CT molecular complexity index is 622. The van der Waals surface area contributed by atoms with Crippen LogP contribution in [-0.2, 0) is 0 Å². The zero-order valence-corrected chi connectivity index (χ0v) is 13.5. The third-order valence-electron chi connectivity index (χ3n) is 4.17. The van der Waals surface area contributed by atoms with Crippen LogP contribution in [-0.4, -0.2) is 38.8 Å². The summed E-state index contributed by atoms with van der Waals surface area (Å²) in [5.41, 5.74) is 2.60. The highest BCUT2D eigenvalue weighted by Crippen LogP contribution is 2.40. The van der Waals surface area contributed by atoms with Crippen molar-refractivity contribution in [3.63, 3.8) is 0 Å². The van der Waals surface area contributed by atoms with E-state index < -0.39 is 0 Å². The molecule has 0 saturated heterocycles. The molecular formula is C19H23NO2. The standard InChI is InChI=1S/C19H23NO2/c1-20(2)13-16-12-18(14-8-10-15(21-3)11-9-14)17-6-4-5-7-19(17)22-16/h4-11,16,18H,12-13H2,1-3H3. The van der Waals surface area contributed by atoms with Crippen molar-refractivity contribution in [2.24, 2.45) is 0 Å². The van der Waals surface area contributed by atoms with Crippen molar-refractivity contribution in [3.05, 3.63) is 59.7 Å². The summed E-state index contributed by atoms with van der Waals surface area (Å²) in [6, 6.07) is 16.8. The number of likely N-dealkylation sites (N-methyl/N-ethyl adjacent to an activating group) is 1. The third-order valence-corrected chi connectivity index (χ3v) is 4.17. The lowest BCUT2D eigenvalue weighted by Crippen LogP contribution is -2.35. The van der Waals surface area contributed by atoms with Gasteiger partial charge in [0.25, 0.3) is 0 Å². The number of benzene rings is 2. The van der Waals surface area contributed by atoms with Gasteiger partial charge in [-0.05, 0) is 44.3 Å². The van der Waals surface area contributed by atoms with E-state index in [0.29, 0.717) is 5.92 Å². The summed E-state index contributed by atoms with van der Waals surface area (Å²) in [7, 11) is 5.88. The molecule has 0 aliphatic carbocycles. The van der Waals surface area contributed by atoms with Crippen LogP contribution in [0.25, 0.3) is 0 Å². The molecule has 1 aliphatic rings. The van der Waals surface area contributed by atoms with Gasteiger partial charge in [-0.25, -0.2) is 0 Å². The fourth-order valence-electron chi connectivity index (χ4n) is 3.16. The Kier molecular flexibility index (Phi) is 4.34. The van der Waals surface area contributed by atoms with E-state index in [-0.39, 0.29) is 6.10 Å². The van der Waals surface area contributed by atoms with Crippen molar-refractivity contribution in [2.75, 3.05) is 27.7 Å². The average Bonchev–Trinajstić information content (AvgIpc) is 2.53. The maximum Gasteiger partial charge on any atom is 0.123 e. The zero-order chi connectivity index (χ0) is 15.5. The predicted octanol–water partition coefficient (Wildman–Crippen LogP) is 3.54. The Morgan fingerprint density at radius 3 is 2.50 bits per heavy atom. The van der Waals surface area contributed by atoms with E-state index in [9.17, 15) is 0 Å². The van der Waals surface area contributed by atoms with Gasteiger partial charge >= 0.3 is 0 Å². The topological polar surface area (TPSA) is 21.7 Å². The summed E-state index contributed by atoms with van der Waals surface area (Å²) in [6.45, 7) is 0.932. The van der Waals surface area contributed by atoms with Crippen molar-refractivity contribution in [3.8, 4) is 11.5 Å². The van der Waals surface area contributed by atoms with Crippen LogP contribution in [0.2, 0.25) is 0 Å². The van der Waals surface area contributed by atoms with Gasteiger partial charge < -0.3 is 14.4 Å². The maximum atomic E-state index is 6.17. The fourth-order valence-corrected chi connectivity index (χ4v) is 3.16. The number of methoxy groups -OCH3 is 1. The van der Waals surface area contributed by atoms with Crippen molar-refractivity contribution < 1.29 is 9.47 Å². The molecule has 0 saturated carbocycles. The van der Waals surface area contributed by atoms with E-state index in [1.165, 1.54) is 11.1 Å². The first-order valence-electron chi connectivity index (χ1n) is 7.71. The molecule has 3 heteroatoms. The van der Waals surface area contributed by atoms with E-state index in [2.05, 4.69) is 49.3 Å². The molecule has 1 heterocycles. The van der Waals surface area contributed by atoms with Crippen molar-refractivity contribution in [1.82, 2.24) is 4.90 Å². The molecule has 0 amide bonds. The van der Waals surface area contributed by atoms with E-state index in [1.807, 2.05) is 18.2 Å². The van der Waals surface area contributed by atoms with Crippen LogP contribution >= 0.6 is 0 Å². The lowest BCUT2D eigenvalue weighted by Gasteiger charge is -2.34. The fraction of sp³-hybridized carbons (Fsp3) is 0.368. The molecule has 2 atom stereocenters. The van der Waals surface area contributed by atoms with E-state index >= 15 is 0 Å². The smallest absolute Gasteiger partial charge is 0.123 e. The second-order valence-electron chi connectivity index (χ2n) is 6.10. The first-order chi connectivity index (χ1) is 10.7. The van der Waals surface area contributed by atoms with Crippen LogP contribution in [0.1, 0.15) is 23.5 Å². The van der Waals surface area contributed by atoms with Gasteiger partial charge in [-0.1, -0.05) is 30.3 Å². The van der Waals surface area contributed by atoms with Gasteiger partial charge in [0.05, 0.1) is 7.11 Å². The van der Waals surface area contributed by atoms with Crippen molar-refractivity contribution in [1.29, 1.82) is 0 Å². The molecule has 0 N–H and O–H groups in total. The molecular weight excluding hydrogens is 274 g/mol. The first-order valence-corrected chi connectivity index (χ1v) is 7.71. The molecule has 2 unspecified atom stereocenters. The van der Waals surface area contributed by atoms with Crippen LogP contribution < -0.4 is 9.47 Å². The molecule has 116 valence electrons. The molecule has 0 bridgehead atoms. The second kappa shape index (κ2) is 6.41. The van der Waals surface area contributed by atoms with Gasteiger partial charge in [0, 0.05) is 18.0 Å². The molecule has 2 aromatic carbocycles. The highest BCUT2D eigenvalue weighted by atomic mass is 16.5. The number of nitrogens with zero attached hydrogens (tertiary/aromatic N) is 1. The summed E-state index contributed by atoms with van der Waals surface area (Å²) in [5.74, 6) is 2.29. The second-order valence-corrected chi connectivity index (χ2v) is 6.10. The van der Waals surface area contributed by atoms with E-state index in [0.717, 1.165) is 24.5 Å². The Hall–Kier alpha value is -2.00. The quantitative estimate of drug-likeness (QED) is 0.861. The Morgan fingerprint density at radius 2 is 1.82 bits per heavy atom. The SMILES string of the molecule is COc1ccc(C2CC(CN(C)C)Oc3ccccc32)cc1. The zero-order valence-electron chi connectivity index (χ0n) is 13.5. The van der Waals surface area contributed by atoms with E-state index in [1.54, 1.807) is 7.11 Å². The molecule has 22 heavy (non-hydrogen) atoms. The number of para-hydroxylation sites is 1. The molecule has 1 aliphatic heterocycles. The lowest BCUT2D eigenvalue weighted by molar-refractivity contribution is 0.131. The Morgan fingerprint density at radius 1 is 1.09 bits per heavy atom. The summed E-state index contributed by atoms with van der Waals surface area (Å²) in [4.78, 5) is 2.18. The molecule has 3 rings (SSSR count). The minimum absolute atomic E-state index is 0.219. The molecule has 0 fully saturated rings. The van der Waals surface area contributed by atoms with Crippen molar-refractivity contribution in [2.45, 2.75) is 18.4 Å². The minimum Gasteiger partial charge on any atom is -0.497 e. The van der Waals surface area contributed by atoms with E-state index in [4.69, 9.17) is 9.47 Å². The van der Waals surface area contributed by atoms with Crippen LogP contribution in [0.5, 0.6) is 11.5 Å². The molecule has 2 aromatic rings. The maximum absolute atomic E-state index is 6.17. The number of hydrogen-bond acceptors (Lipinski definition) is 3. The number of hydrogen-bond donors (Lipinski definition) is 0.